The molecule has 1 N–H and O–H groups in total. The largest absolute Gasteiger partial charge is 0.496 e. The number of hydrogen-bond acceptors (Lipinski definition) is 3. The summed E-state index contributed by atoms with van der Waals surface area (Å²) in [5, 5.41) is 9.46. The highest BCUT2D eigenvalue weighted by atomic mass is 16.5. The Balaban J connectivity index is 2.06. The maximum Gasteiger partial charge on any atom is 0.125 e. The average Bonchev–Trinajstić information content (AvgIpc) is 2.45. The van der Waals surface area contributed by atoms with Crippen LogP contribution in [0, 0.1) is 6.92 Å². The van der Waals surface area contributed by atoms with Crippen molar-refractivity contribution in [1.82, 2.24) is 0 Å². The molecule has 0 saturated heterocycles. The van der Waals surface area contributed by atoms with Crippen molar-refractivity contribution in [1.29, 1.82) is 0 Å². The molecule has 0 heterocycles. The lowest BCUT2D eigenvalue weighted by molar-refractivity contribution is 0.199. The van der Waals surface area contributed by atoms with E-state index >= 15 is 0 Å². The third-order valence-corrected chi connectivity index (χ3v) is 3.19. The molecule has 0 amide bonds. The highest BCUT2D eigenvalue weighted by Crippen LogP contribution is 2.23. The third kappa shape index (κ3) is 3.52. The topological polar surface area (TPSA) is 38.7 Å². The van der Waals surface area contributed by atoms with E-state index in [0.717, 1.165) is 22.6 Å². The van der Waals surface area contributed by atoms with Crippen molar-refractivity contribution in [3.63, 3.8) is 0 Å². The van der Waals surface area contributed by atoms with E-state index in [1.54, 1.807) is 14.0 Å². The molecule has 1 atom stereocenters. The van der Waals surface area contributed by atoms with Gasteiger partial charge in [0.15, 0.2) is 0 Å². The predicted octanol–water partition coefficient (Wildman–Crippen LogP) is 3.64. The minimum Gasteiger partial charge on any atom is -0.496 e. The van der Waals surface area contributed by atoms with Gasteiger partial charge in [-0.05, 0) is 43.7 Å². The number of rotatable bonds is 5. The van der Waals surface area contributed by atoms with Gasteiger partial charge in [0.25, 0.3) is 0 Å². The zero-order valence-corrected chi connectivity index (χ0v) is 12.1. The van der Waals surface area contributed by atoms with Crippen molar-refractivity contribution in [3.8, 4) is 11.5 Å². The standard InChI is InChI=1S/C17H20O3/c1-12-4-9-17(19-3)15(10-12)11-20-16-7-5-14(6-8-16)13(2)18/h4-10,13,18H,11H2,1-3H3/t13-/m0/s1. The maximum absolute atomic E-state index is 9.46. The lowest BCUT2D eigenvalue weighted by Gasteiger charge is -2.12. The van der Waals surface area contributed by atoms with Gasteiger partial charge < -0.3 is 14.6 Å². The van der Waals surface area contributed by atoms with E-state index in [1.807, 2.05) is 43.3 Å². The van der Waals surface area contributed by atoms with E-state index in [1.165, 1.54) is 5.56 Å². The van der Waals surface area contributed by atoms with E-state index in [-0.39, 0.29) is 0 Å². The van der Waals surface area contributed by atoms with Crippen molar-refractivity contribution >= 4 is 0 Å². The summed E-state index contributed by atoms with van der Waals surface area (Å²) in [4.78, 5) is 0. The summed E-state index contributed by atoms with van der Waals surface area (Å²) in [6, 6.07) is 13.5. The van der Waals surface area contributed by atoms with Gasteiger partial charge in [0, 0.05) is 5.56 Å². The monoisotopic (exact) mass is 272 g/mol. The lowest BCUT2D eigenvalue weighted by atomic mass is 10.1. The van der Waals surface area contributed by atoms with Crippen LogP contribution in [0.5, 0.6) is 11.5 Å². The molecule has 0 spiro atoms. The van der Waals surface area contributed by atoms with Crippen molar-refractivity contribution in [2.75, 3.05) is 7.11 Å². The molecule has 0 fully saturated rings. The molecule has 106 valence electrons. The number of aliphatic hydroxyl groups excluding tert-OH is 1. The Morgan fingerprint density at radius 3 is 2.40 bits per heavy atom. The molecule has 0 bridgehead atoms. The number of methoxy groups -OCH3 is 1. The van der Waals surface area contributed by atoms with Gasteiger partial charge in [-0.25, -0.2) is 0 Å². The number of hydrogen-bond donors (Lipinski definition) is 1. The van der Waals surface area contributed by atoms with Crippen LogP contribution in [0.3, 0.4) is 0 Å². The van der Waals surface area contributed by atoms with E-state index in [4.69, 9.17) is 9.47 Å². The summed E-state index contributed by atoms with van der Waals surface area (Å²) in [7, 11) is 1.66. The number of aryl methyl sites for hydroxylation is 1. The number of benzene rings is 2. The van der Waals surface area contributed by atoms with Crippen molar-refractivity contribution in [3.05, 3.63) is 59.2 Å². The van der Waals surface area contributed by atoms with E-state index in [2.05, 4.69) is 6.07 Å². The fourth-order valence-electron chi connectivity index (χ4n) is 2.02. The second-order valence-electron chi connectivity index (χ2n) is 4.85. The Morgan fingerprint density at radius 1 is 1.10 bits per heavy atom. The van der Waals surface area contributed by atoms with Gasteiger partial charge >= 0.3 is 0 Å². The number of ether oxygens (including phenoxy) is 2. The molecule has 20 heavy (non-hydrogen) atoms. The van der Waals surface area contributed by atoms with Crippen LogP contribution in [0.15, 0.2) is 42.5 Å². The Morgan fingerprint density at radius 2 is 1.80 bits per heavy atom. The molecule has 2 rings (SSSR count). The average molecular weight is 272 g/mol. The summed E-state index contributed by atoms with van der Waals surface area (Å²) in [5.74, 6) is 1.61. The highest BCUT2D eigenvalue weighted by molar-refractivity contribution is 5.37. The van der Waals surface area contributed by atoms with Crippen LogP contribution in [-0.2, 0) is 6.61 Å². The van der Waals surface area contributed by atoms with Crippen LogP contribution in [-0.4, -0.2) is 12.2 Å². The fraction of sp³-hybridized carbons (Fsp3) is 0.294. The van der Waals surface area contributed by atoms with E-state index in [9.17, 15) is 5.11 Å². The predicted molar refractivity (Wildman–Crippen MR) is 79.1 cm³/mol. The van der Waals surface area contributed by atoms with Crippen LogP contribution >= 0.6 is 0 Å². The molecular formula is C17H20O3. The molecule has 0 aliphatic carbocycles. The molecule has 3 heteroatoms. The zero-order valence-electron chi connectivity index (χ0n) is 12.1. The Kier molecular flexibility index (Phi) is 4.64. The van der Waals surface area contributed by atoms with Crippen LogP contribution in [0.1, 0.15) is 29.7 Å². The smallest absolute Gasteiger partial charge is 0.125 e. The van der Waals surface area contributed by atoms with Crippen LogP contribution in [0.2, 0.25) is 0 Å². The summed E-state index contributed by atoms with van der Waals surface area (Å²) in [6.07, 6.45) is -0.457. The first-order chi connectivity index (χ1) is 9.60. The summed E-state index contributed by atoms with van der Waals surface area (Å²) in [5.41, 5.74) is 3.08. The lowest BCUT2D eigenvalue weighted by Crippen LogP contribution is -1.99. The Bertz CT molecular complexity index is 559. The van der Waals surface area contributed by atoms with Gasteiger partial charge in [0.1, 0.15) is 18.1 Å². The molecule has 0 saturated carbocycles. The van der Waals surface area contributed by atoms with Crippen molar-refractivity contribution in [2.45, 2.75) is 26.6 Å². The SMILES string of the molecule is COc1ccc(C)cc1COc1ccc([C@H](C)O)cc1. The molecule has 3 nitrogen and oxygen atoms in total. The Hall–Kier alpha value is -2.00. The summed E-state index contributed by atoms with van der Waals surface area (Å²) >= 11 is 0. The first-order valence-corrected chi connectivity index (χ1v) is 6.64. The van der Waals surface area contributed by atoms with Crippen LogP contribution in [0.25, 0.3) is 0 Å². The fourth-order valence-corrected chi connectivity index (χ4v) is 2.02. The highest BCUT2D eigenvalue weighted by Gasteiger charge is 2.05. The molecule has 0 aromatic heterocycles. The van der Waals surface area contributed by atoms with Crippen molar-refractivity contribution < 1.29 is 14.6 Å². The summed E-state index contributed by atoms with van der Waals surface area (Å²) in [6.45, 7) is 4.24. The van der Waals surface area contributed by atoms with Crippen LogP contribution < -0.4 is 9.47 Å². The molecule has 0 radical (unpaired) electrons. The second kappa shape index (κ2) is 6.44. The quantitative estimate of drug-likeness (QED) is 0.903. The van der Waals surface area contributed by atoms with Crippen molar-refractivity contribution in [2.24, 2.45) is 0 Å². The molecular weight excluding hydrogens is 252 g/mol. The number of aliphatic hydroxyl groups is 1. The van der Waals surface area contributed by atoms with Crippen LogP contribution in [0.4, 0.5) is 0 Å². The van der Waals surface area contributed by atoms with Gasteiger partial charge in [-0.15, -0.1) is 0 Å². The molecule has 0 aliphatic rings. The minimum absolute atomic E-state index is 0.457. The Labute approximate surface area is 119 Å². The van der Waals surface area contributed by atoms with E-state index in [0.29, 0.717) is 6.61 Å². The van der Waals surface area contributed by atoms with Gasteiger partial charge in [-0.1, -0.05) is 23.8 Å². The second-order valence-corrected chi connectivity index (χ2v) is 4.85. The summed E-state index contributed by atoms with van der Waals surface area (Å²) < 4.78 is 11.1. The molecule has 2 aromatic rings. The van der Waals surface area contributed by atoms with E-state index < -0.39 is 6.10 Å². The third-order valence-electron chi connectivity index (χ3n) is 3.19. The molecule has 2 aromatic carbocycles. The van der Waals surface area contributed by atoms with Gasteiger partial charge in [0.2, 0.25) is 0 Å². The minimum atomic E-state index is -0.457. The normalized spacial score (nSPS) is 12.0. The maximum atomic E-state index is 9.46. The van der Waals surface area contributed by atoms with Gasteiger partial charge in [0.05, 0.1) is 13.2 Å². The first-order valence-electron chi connectivity index (χ1n) is 6.64. The first kappa shape index (κ1) is 14.4. The van der Waals surface area contributed by atoms with Gasteiger partial charge in [-0.2, -0.15) is 0 Å². The molecule has 0 unspecified atom stereocenters. The zero-order chi connectivity index (χ0) is 14.5. The molecule has 0 aliphatic heterocycles. The van der Waals surface area contributed by atoms with Gasteiger partial charge in [-0.3, -0.25) is 0 Å².